The van der Waals surface area contributed by atoms with Gasteiger partial charge < -0.3 is 25.0 Å². The fraction of sp³-hybridized carbons (Fsp3) is 0.607. The van der Waals surface area contributed by atoms with E-state index in [0.717, 1.165) is 12.0 Å². The van der Waals surface area contributed by atoms with E-state index in [2.05, 4.69) is 11.4 Å². The van der Waals surface area contributed by atoms with Crippen LogP contribution in [-0.2, 0) is 14.3 Å². The van der Waals surface area contributed by atoms with E-state index in [1.165, 1.54) is 6.07 Å². The van der Waals surface area contributed by atoms with Crippen molar-refractivity contribution in [1.29, 1.82) is 5.26 Å². The summed E-state index contributed by atoms with van der Waals surface area (Å²) in [6.07, 6.45) is 1.38. The maximum absolute atomic E-state index is 13.7. The third kappa shape index (κ3) is 5.17. The van der Waals surface area contributed by atoms with Crippen LogP contribution in [-0.4, -0.2) is 92.6 Å². The number of hydrogen-bond acceptors (Lipinski definition) is 7. The number of nitrogens with zero attached hydrogens (tertiary/aromatic N) is 4. The summed E-state index contributed by atoms with van der Waals surface area (Å²) in [5, 5.41) is 21.7. The average molecular weight is 538 g/mol. The largest absolute Gasteiger partial charge is 0.478 e. The predicted octanol–water partition coefficient (Wildman–Crippen LogP) is 2.14. The van der Waals surface area contributed by atoms with E-state index in [1.807, 2.05) is 17.9 Å². The van der Waals surface area contributed by atoms with Crippen molar-refractivity contribution < 1.29 is 29.0 Å². The van der Waals surface area contributed by atoms with Crippen LogP contribution in [0.5, 0.6) is 0 Å². The van der Waals surface area contributed by atoms with Gasteiger partial charge in [0.1, 0.15) is 17.7 Å². The van der Waals surface area contributed by atoms with Gasteiger partial charge in [-0.1, -0.05) is 12.1 Å². The molecule has 11 heteroatoms. The molecular formula is C28H35N5O6. The number of piperidine rings is 1. The molecule has 3 heterocycles. The van der Waals surface area contributed by atoms with E-state index >= 15 is 0 Å². The molecule has 0 radical (unpaired) electrons. The Labute approximate surface area is 227 Å². The first-order valence-corrected chi connectivity index (χ1v) is 13.5. The van der Waals surface area contributed by atoms with Crippen molar-refractivity contribution in [2.45, 2.75) is 88.8 Å². The summed E-state index contributed by atoms with van der Waals surface area (Å²) < 4.78 is 5.42. The lowest BCUT2D eigenvalue weighted by Gasteiger charge is -2.39. The smallest absolute Gasteiger partial charge is 0.408 e. The van der Waals surface area contributed by atoms with Gasteiger partial charge in [-0.25, -0.2) is 9.59 Å². The lowest BCUT2D eigenvalue weighted by atomic mass is 10.0. The molecule has 4 fully saturated rings. The van der Waals surface area contributed by atoms with Gasteiger partial charge in [-0.2, -0.15) is 5.26 Å². The normalized spacial score (nSPS) is 29.0. The highest BCUT2D eigenvalue weighted by Gasteiger charge is 2.56. The van der Waals surface area contributed by atoms with Crippen LogP contribution in [0.25, 0.3) is 0 Å². The summed E-state index contributed by atoms with van der Waals surface area (Å²) >= 11 is 0. The van der Waals surface area contributed by atoms with E-state index in [0.29, 0.717) is 25.3 Å². The number of likely N-dealkylation sites (tertiary alicyclic amines) is 3. The Morgan fingerprint density at radius 3 is 2.62 bits per heavy atom. The summed E-state index contributed by atoms with van der Waals surface area (Å²) in [4.78, 5) is 56.7. The Morgan fingerprint density at radius 1 is 1.23 bits per heavy atom. The molecule has 0 aromatic heterocycles. The highest BCUT2D eigenvalue weighted by atomic mass is 16.6. The SMILES string of the molecule is C[C@@H](c1cccc(C(=O)O)c1)N1C(=O)C2C[C@H]1CN2CC(NC(=O)OC(C)(C)C)C(=O)N1C(C#N)CC2CC21. The molecule has 3 amide bonds. The Balaban J connectivity index is 1.31. The molecule has 1 aromatic carbocycles. The Hall–Kier alpha value is -3.65. The molecule has 7 atom stereocenters. The van der Waals surface area contributed by atoms with E-state index < -0.39 is 35.8 Å². The highest BCUT2D eigenvalue weighted by molar-refractivity contribution is 5.89. The van der Waals surface area contributed by atoms with Crippen molar-refractivity contribution in [1.82, 2.24) is 20.0 Å². The second kappa shape index (κ2) is 9.83. The quantitative estimate of drug-likeness (QED) is 0.539. The minimum atomic E-state index is -1.02. The standard InChI is InChI=1S/C28H35N5O6/c1-15(16-6-5-7-17(8-16)26(36)37)32-20-11-23(25(32)35)31(13-20)14-21(30-27(38)39-28(2,3)4)24(34)33-19(12-29)9-18-10-22(18)33/h5-8,15,18-23H,9-11,13-14H2,1-4H3,(H,30,38)(H,36,37)/t15-,18?,19?,20-,21?,22?,23?/m0/s1. The number of nitriles is 1. The summed E-state index contributed by atoms with van der Waals surface area (Å²) in [5.41, 5.74) is 0.166. The van der Waals surface area contributed by atoms with Gasteiger partial charge in [0, 0.05) is 25.2 Å². The summed E-state index contributed by atoms with van der Waals surface area (Å²) in [7, 11) is 0. The topological polar surface area (TPSA) is 143 Å². The molecule has 1 aliphatic carbocycles. The fourth-order valence-corrected chi connectivity index (χ4v) is 6.43. The van der Waals surface area contributed by atoms with Crippen LogP contribution in [0.4, 0.5) is 4.79 Å². The van der Waals surface area contributed by atoms with E-state index in [9.17, 15) is 29.5 Å². The molecule has 11 nitrogen and oxygen atoms in total. The number of fused-ring (bicyclic) bond motifs is 3. The van der Waals surface area contributed by atoms with Crippen LogP contribution in [0.3, 0.4) is 0 Å². The van der Waals surface area contributed by atoms with Crippen LogP contribution < -0.4 is 5.32 Å². The third-order valence-corrected chi connectivity index (χ3v) is 8.26. The van der Waals surface area contributed by atoms with Crippen LogP contribution in [0.15, 0.2) is 24.3 Å². The number of aromatic carboxylic acids is 1. The van der Waals surface area contributed by atoms with Crippen molar-refractivity contribution in [2.75, 3.05) is 13.1 Å². The Kier molecular flexibility index (Phi) is 6.79. The monoisotopic (exact) mass is 537 g/mol. The van der Waals surface area contributed by atoms with Crippen LogP contribution in [0.1, 0.15) is 68.9 Å². The van der Waals surface area contributed by atoms with E-state index in [1.54, 1.807) is 42.7 Å². The lowest BCUT2D eigenvalue weighted by molar-refractivity contribution is -0.141. The number of nitrogens with one attached hydrogen (secondary N) is 1. The minimum Gasteiger partial charge on any atom is -0.478 e. The number of hydrogen-bond donors (Lipinski definition) is 2. The summed E-state index contributed by atoms with van der Waals surface area (Å²) in [5.74, 6) is -1.09. The number of amides is 3. The number of carbonyl (C=O) groups is 4. The van der Waals surface area contributed by atoms with Gasteiger partial charge >= 0.3 is 12.1 Å². The molecule has 208 valence electrons. The molecular weight excluding hydrogens is 502 g/mol. The van der Waals surface area contributed by atoms with Gasteiger partial charge in [-0.3, -0.25) is 14.5 Å². The first-order chi connectivity index (χ1) is 18.4. The maximum atomic E-state index is 13.7. The molecule has 1 saturated carbocycles. The third-order valence-electron chi connectivity index (χ3n) is 8.26. The fourth-order valence-electron chi connectivity index (χ4n) is 6.43. The van der Waals surface area contributed by atoms with Gasteiger partial charge in [-0.15, -0.1) is 0 Å². The van der Waals surface area contributed by atoms with Crippen LogP contribution in [0.2, 0.25) is 0 Å². The molecule has 39 heavy (non-hydrogen) atoms. The van der Waals surface area contributed by atoms with Gasteiger partial charge in [0.05, 0.1) is 23.7 Å². The second-order valence-electron chi connectivity index (χ2n) is 12.1. The van der Waals surface area contributed by atoms with E-state index in [-0.39, 0.29) is 42.0 Å². The molecule has 0 spiro atoms. The number of rotatable bonds is 7. The van der Waals surface area contributed by atoms with Gasteiger partial charge in [0.15, 0.2) is 0 Å². The number of piperazine rings is 1. The van der Waals surface area contributed by atoms with Crippen molar-refractivity contribution in [3.05, 3.63) is 35.4 Å². The lowest BCUT2D eigenvalue weighted by Crippen LogP contribution is -2.59. The molecule has 1 aromatic rings. The van der Waals surface area contributed by atoms with Crippen LogP contribution >= 0.6 is 0 Å². The van der Waals surface area contributed by atoms with Crippen LogP contribution in [0, 0.1) is 17.2 Å². The first-order valence-electron chi connectivity index (χ1n) is 13.5. The first kappa shape index (κ1) is 26.9. The molecule has 2 N–H and O–H groups in total. The molecule has 4 aliphatic rings. The maximum Gasteiger partial charge on any atom is 0.408 e. The Bertz CT molecular complexity index is 1240. The van der Waals surface area contributed by atoms with Gasteiger partial charge in [-0.05, 0) is 70.6 Å². The van der Waals surface area contributed by atoms with Crippen molar-refractivity contribution in [3.8, 4) is 6.07 Å². The van der Waals surface area contributed by atoms with E-state index in [4.69, 9.17) is 4.74 Å². The van der Waals surface area contributed by atoms with Crippen molar-refractivity contribution >= 4 is 23.9 Å². The van der Waals surface area contributed by atoms with Crippen molar-refractivity contribution in [2.24, 2.45) is 5.92 Å². The number of carboxylic acid groups (broad SMARTS) is 1. The predicted molar refractivity (Wildman–Crippen MR) is 138 cm³/mol. The minimum absolute atomic E-state index is 0.0275. The zero-order chi connectivity index (χ0) is 28.2. The number of alkyl carbamates (subject to hydrolysis) is 1. The highest BCUT2D eigenvalue weighted by Crippen LogP contribution is 2.48. The molecule has 2 bridgehead atoms. The molecule has 5 unspecified atom stereocenters. The van der Waals surface area contributed by atoms with Crippen molar-refractivity contribution in [3.63, 3.8) is 0 Å². The number of carbonyl (C=O) groups excluding carboxylic acids is 3. The zero-order valence-corrected chi connectivity index (χ0v) is 22.7. The van der Waals surface area contributed by atoms with Gasteiger partial charge in [0.25, 0.3) is 0 Å². The molecule has 3 saturated heterocycles. The molecule has 5 rings (SSSR count). The molecule has 3 aliphatic heterocycles. The summed E-state index contributed by atoms with van der Waals surface area (Å²) in [6, 6.07) is 6.53. The number of benzene rings is 1. The average Bonchev–Trinajstić information content (AvgIpc) is 3.18. The van der Waals surface area contributed by atoms with Gasteiger partial charge in [0.2, 0.25) is 11.8 Å². The Morgan fingerprint density at radius 2 is 1.97 bits per heavy atom. The zero-order valence-electron chi connectivity index (χ0n) is 22.7. The number of carboxylic acids is 1. The second-order valence-corrected chi connectivity index (χ2v) is 12.1. The number of ether oxygens (including phenoxy) is 1. The summed E-state index contributed by atoms with van der Waals surface area (Å²) in [6.45, 7) is 7.77.